The summed E-state index contributed by atoms with van der Waals surface area (Å²) < 4.78 is 5.08. The maximum Gasteiger partial charge on any atom is 0.306 e. The molecule has 21 heavy (non-hydrogen) atoms. The first kappa shape index (κ1) is 18.5. The van der Waals surface area contributed by atoms with Crippen LogP contribution < -0.4 is 0 Å². The Bertz CT molecular complexity index is 265. The summed E-state index contributed by atoms with van der Waals surface area (Å²) >= 11 is 0. The molecule has 0 aliphatic carbocycles. The summed E-state index contributed by atoms with van der Waals surface area (Å²) in [4.78, 5) is 11.0. The fourth-order valence-corrected chi connectivity index (χ4v) is 3.02. The van der Waals surface area contributed by atoms with Crippen LogP contribution >= 0.6 is 0 Å². The molecule has 0 radical (unpaired) electrons. The molecule has 1 aliphatic rings. The highest BCUT2D eigenvalue weighted by Crippen LogP contribution is 2.21. The second kappa shape index (κ2) is 12.0. The predicted molar refractivity (Wildman–Crippen MR) is 86.2 cm³/mol. The average molecular weight is 298 g/mol. The van der Waals surface area contributed by atoms with E-state index in [2.05, 4.69) is 6.92 Å². The minimum absolute atomic E-state index is 0.155. The normalized spacial score (nSPS) is 19.7. The van der Waals surface area contributed by atoms with Crippen LogP contribution in [0.1, 0.15) is 96.8 Å². The first-order chi connectivity index (χ1) is 10.2. The second-order valence-corrected chi connectivity index (χ2v) is 6.46. The van der Waals surface area contributed by atoms with E-state index < -0.39 is 6.10 Å². The lowest BCUT2D eigenvalue weighted by Crippen LogP contribution is -2.25. The van der Waals surface area contributed by atoms with E-state index in [1.165, 1.54) is 64.2 Å². The quantitative estimate of drug-likeness (QED) is 0.394. The summed E-state index contributed by atoms with van der Waals surface area (Å²) in [5, 5.41) is 9.93. The van der Waals surface area contributed by atoms with E-state index in [1.54, 1.807) is 0 Å². The Kier molecular flexibility index (Phi) is 10.6. The zero-order valence-corrected chi connectivity index (χ0v) is 13.8. The molecule has 0 aromatic rings. The molecule has 1 rings (SSSR count). The SMILES string of the molecule is CCCCCCCCCCCCC[C@@H](O)[C@@H]1CCC(=O)O1. The molecule has 0 aromatic heterocycles. The smallest absolute Gasteiger partial charge is 0.306 e. The summed E-state index contributed by atoms with van der Waals surface area (Å²) in [6.07, 6.45) is 15.7. The van der Waals surface area contributed by atoms with Gasteiger partial charge in [0.05, 0.1) is 6.10 Å². The molecule has 0 bridgehead atoms. The molecule has 124 valence electrons. The van der Waals surface area contributed by atoms with Gasteiger partial charge in [0.2, 0.25) is 0 Å². The van der Waals surface area contributed by atoms with Crippen molar-refractivity contribution in [3.05, 3.63) is 0 Å². The molecule has 0 unspecified atom stereocenters. The number of esters is 1. The molecule has 0 amide bonds. The van der Waals surface area contributed by atoms with Gasteiger partial charge >= 0.3 is 5.97 Å². The van der Waals surface area contributed by atoms with Crippen molar-refractivity contribution in [3.63, 3.8) is 0 Å². The first-order valence-electron chi connectivity index (χ1n) is 9.11. The Morgan fingerprint density at radius 3 is 2.00 bits per heavy atom. The second-order valence-electron chi connectivity index (χ2n) is 6.46. The molecule has 0 saturated carbocycles. The van der Waals surface area contributed by atoms with Crippen LogP contribution in [0.15, 0.2) is 0 Å². The molecule has 3 heteroatoms. The highest BCUT2D eigenvalue weighted by Gasteiger charge is 2.29. The molecule has 0 aromatic carbocycles. The van der Waals surface area contributed by atoms with E-state index in [1.807, 2.05) is 0 Å². The minimum atomic E-state index is -0.449. The van der Waals surface area contributed by atoms with E-state index in [0.29, 0.717) is 12.8 Å². The van der Waals surface area contributed by atoms with Gasteiger partial charge in [-0.3, -0.25) is 4.79 Å². The number of aliphatic hydroxyl groups excluding tert-OH is 1. The summed E-state index contributed by atoms with van der Waals surface area (Å²) in [5.74, 6) is -0.155. The molecular formula is C18H34O3. The molecule has 1 aliphatic heterocycles. The molecule has 1 heterocycles. The number of ether oxygens (including phenoxy) is 1. The Morgan fingerprint density at radius 2 is 1.52 bits per heavy atom. The van der Waals surface area contributed by atoms with E-state index in [0.717, 1.165) is 12.8 Å². The van der Waals surface area contributed by atoms with Crippen molar-refractivity contribution in [3.8, 4) is 0 Å². The van der Waals surface area contributed by atoms with Crippen molar-refractivity contribution in [1.82, 2.24) is 0 Å². The van der Waals surface area contributed by atoms with Crippen LogP contribution in [-0.4, -0.2) is 23.3 Å². The number of hydrogen-bond donors (Lipinski definition) is 1. The van der Waals surface area contributed by atoms with Crippen LogP contribution in [0.3, 0.4) is 0 Å². The largest absolute Gasteiger partial charge is 0.460 e. The summed E-state index contributed by atoms with van der Waals surface area (Å²) in [6, 6.07) is 0. The van der Waals surface area contributed by atoms with Gasteiger partial charge in [0, 0.05) is 6.42 Å². The van der Waals surface area contributed by atoms with Crippen LogP contribution in [0.4, 0.5) is 0 Å². The Labute approximate surface area is 130 Å². The van der Waals surface area contributed by atoms with E-state index in [9.17, 15) is 9.90 Å². The summed E-state index contributed by atoms with van der Waals surface area (Å²) in [7, 11) is 0. The monoisotopic (exact) mass is 298 g/mol. The molecule has 1 saturated heterocycles. The van der Waals surface area contributed by atoms with Gasteiger partial charge in [-0.25, -0.2) is 0 Å². The van der Waals surface area contributed by atoms with Gasteiger partial charge in [-0.05, 0) is 12.8 Å². The van der Waals surface area contributed by atoms with Crippen molar-refractivity contribution in [1.29, 1.82) is 0 Å². The lowest BCUT2D eigenvalue weighted by atomic mass is 10.0. The van der Waals surface area contributed by atoms with Crippen molar-refractivity contribution in [2.75, 3.05) is 0 Å². The van der Waals surface area contributed by atoms with E-state index in [4.69, 9.17) is 4.74 Å². The molecule has 0 spiro atoms. The number of cyclic esters (lactones) is 1. The van der Waals surface area contributed by atoms with Crippen molar-refractivity contribution in [2.45, 2.75) is 109 Å². The number of aliphatic hydroxyl groups is 1. The molecular weight excluding hydrogens is 264 g/mol. The summed E-state index contributed by atoms with van der Waals surface area (Å²) in [6.45, 7) is 2.26. The fourth-order valence-electron chi connectivity index (χ4n) is 3.02. The van der Waals surface area contributed by atoms with E-state index in [-0.39, 0.29) is 12.1 Å². The Morgan fingerprint density at radius 1 is 1.00 bits per heavy atom. The number of carbonyl (C=O) groups is 1. The van der Waals surface area contributed by atoms with Crippen LogP contribution in [0, 0.1) is 0 Å². The topological polar surface area (TPSA) is 46.5 Å². The molecule has 3 nitrogen and oxygen atoms in total. The van der Waals surface area contributed by atoms with Gasteiger partial charge in [0.25, 0.3) is 0 Å². The number of carbonyl (C=O) groups excluding carboxylic acids is 1. The molecule has 2 atom stereocenters. The average Bonchev–Trinajstić information content (AvgIpc) is 2.91. The third kappa shape index (κ3) is 9.13. The molecule has 1 N–H and O–H groups in total. The van der Waals surface area contributed by atoms with Gasteiger partial charge in [0.1, 0.15) is 6.10 Å². The van der Waals surface area contributed by atoms with Crippen LogP contribution in [-0.2, 0) is 9.53 Å². The zero-order valence-electron chi connectivity index (χ0n) is 13.8. The fraction of sp³-hybridized carbons (Fsp3) is 0.944. The van der Waals surface area contributed by atoms with E-state index >= 15 is 0 Å². The van der Waals surface area contributed by atoms with Crippen molar-refractivity contribution in [2.24, 2.45) is 0 Å². The Hall–Kier alpha value is -0.570. The third-order valence-corrected chi connectivity index (χ3v) is 4.45. The lowest BCUT2D eigenvalue weighted by Gasteiger charge is -2.16. The Balaban J connectivity index is 1.81. The third-order valence-electron chi connectivity index (χ3n) is 4.45. The maximum atomic E-state index is 11.0. The zero-order chi connectivity index (χ0) is 15.3. The van der Waals surface area contributed by atoms with Gasteiger partial charge < -0.3 is 9.84 Å². The highest BCUT2D eigenvalue weighted by atomic mass is 16.6. The standard InChI is InChI=1S/C18H34O3/c1-2-3-4-5-6-7-8-9-10-11-12-13-16(19)17-14-15-18(20)21-17/h16-17,19H,2-15H2,1H3/t16-,17+/m1/s1. The van der Waals surface area contributed by atoms with Gasteiger partial charge in [0.15, 0.2) is 0 Å². The maximum absolute atomic E-state index is 11.0. The minimum Gasteiger partial charge on any atom is -0.460 e. The van der Waals surface area contributed by atoms with Crippen molar-refractivity contribution < 1.29 is 14.6 Å². The number of hydrogen-bond acceptors (Lipinski definition) is 3. The first-order valence-corrected chi connectivity index (χ1v) is 9.11. The number of unbranched alkanes of at least 4 members (excludes halogenated alkanes) is 10. The highest BCUT2D eigenvalue weighted by molar-refractivity contribution is 5.71. The van der Waals surface area contributed by atoms with Crippen LogP contribution in [0.5, 0.6) is 0 Å². The summed E-state index contributed by atoms with van der Waals surface area (Å²) in [5.41, 5.74) is 0. The van der Waals surface area contributed by atoms with Crippen LogP contribution in [0.25, 0.3) is 0 Å². The lowest BCUT2D eigenvalue weighted by molar-refractivity contribution is -0.145. The predicted octanol–water partition coefficient (Wildman–Crippen LogP) is 4.75. The van der Waals surface area contributed by atoms with Crippen LogP contribution in [0.2, 0.25) is 0 Å². The van der Waals surface area contributed by atoms with Gasteiger partial charge in [-0.15, -0.1) is 0 Å². The van der Waals surface area contributed by atoms with Gasteiger partial charge in [-0.1, -0.05) is 77.6 Å². The molecule has 1 fully saturated rings. The van der Waals surface area contributed by atoms with Crippen molar-refractivity contribution >= 4 is 5.97 Å². The number of rotatable bonds is 13. The van der Waals surface area contributed by atoms with Gasteiger partial charge in [-0.2, -0.15) is 0 Å².